The highest BCUT2D eigenvalue weighted by Crippen LogP contribution is 2.41. The summed E-state index contributed by atoms with van der Waals surface area (Å²) in [4.78, 5) is 2.73. The van der Waals surface area contributed by atoms with Gasteiger partial charge in [0.1, 0.15) is 0 Å². The summed E-state index contributed by atoms with van der Waals surface area (Å²) in [6, 6.07) is 10.4. The number of aryl methyl sites for hydroxylation is 3. The average Bonchev–Trinajstić information content (AvgIpc) is 3.08. The summed E-state index contributed by atoms with van der Waals surface area (Å²) in [5.41, 5.74) is 12.6. The average molecular weight is 329 g/mol. The predicted octanol–water partition coefficient (Wildman–Crippen LogP) is 4.87. The molecule has 0 aromatic heterocycles. The SMILES string of the molecule is C=CCc1c(C)ccc2c1CN1CCc3cc4c(cc3C1C2)CCC4. The molecule has 2 aliphatic heterocycles. The molecule has 2 aromatic carbocycles. The minimum Gasteiger partial charge on any atom is -0.291 e. The van der Waals surface area contributed by atoms with Crippen molar-refractivity contribution in [3.63, 3.8) is 0 Å². The Hall–Kier alpha value is -1.86. The number of fused-ring (bicyclic) bond motifs is 5. The van der Waals surface area contributed by atoms with Crippen LogP contribution in [0.1, 0.15) is 57.0 Å². The van der Waals surface area contributed by atoms with Gasteiger partial charge >= 0.3 is 0 Å². The Morgan fingerprint density at radius 2 is 1.92 bits per heavy atom. The monoisotopic (exact) mass is 329 g/mol. The van der Waals surface area contributed by atoms with E-state index < -0.39 is 0 Å². The van der Waals surface area contributed by atoms with Crippen LogP contribution in [-0.4, -0.2) is 11.4 Å². The van der Waals surface area contributed by atoms with E-state index in [0.29, 0.717) is 6.04 Å². The molecule has 128 valence electrons. The lowest BCUT2D eigenvalue weighted by Crippen LogP contribution is -2.40. The third-order valence-electron chi connectivity index (χ3n) is 6.71. The van der Waals surface area contributed by atoms with Gasteiger partial charge in [0, 0.05) is 19.1 Å². The lowest BCUT2D eigenvalue weighted by molar-refractivity contribution is 0.160. The van der Waals surface area contributed by atoms with Gasteiger partial charge in [-0.1, -0.05) is 30.3 Å². The zero-order valence-electron chi connectivity index (χ0n) is 15.3. The number of hydrogen-bond donors (Lipinski definition) is 0. The van der Waals surface area contributed by atoms with E-state index in [0.717, 1.165) is 13.0 Å². The number of allylic oxidation sites excluding steroid dienone is 1. The summed E-state index contributed by atoms with van der Waals surface area (Å²) in [7, 11) is 0. The van der Waals surface area contributed by atoms with Crippen LogP contribution < -0.4 is 0 Å². The zero-order chi connectivity index (χ0) is 17.0. The molecular formula is C24H27N. The minimum atomic E-state index is 0.585. The Morgan fingerprint density at radius 1 is 1.08 bits per heavy atom. The Balaban J connectivity index is 1.57. The van der Waals surface area contributed by atoms with Gasteiger partial charge in [0.25, 0.3) is 0 Å². The quantitative estimate of drug-likeness (QED) is 0.711. The highest BCUT2D eigenvalue weighted by Gasteiger charge is 2.33. The molecular weight excluding hydrogens is 302 g/mol. The second kappa shape index (κ2) is 5.85. The molecule has 5 rings (SSSR count). The second-order valence-corrected chi connectivity index (χ2v) is 8.11. The minimum absolute atomic E-state index is 0.585. The number of benzene rings is 2. The molecule has 0 fully saturated rings. The first-order valence-corrected chi connectivity index (χ1v) is 9.84. The van der Waals surface area contributed by atoms with Crippen LogP contribution in [-0.2, 0) is 38.6 Å². The Kier molecular flexibility index (Phi) is 3.60. The van der Waals surface area contributed by atoms with Crippen LogP contribution in [0.5, 0.6) is 0 Å². The van der Waals surface area contributed by atoms with Crippen molar-refractivity contribution in [2.45, 2.75) is 58.0 Å². The maximum absolute atomic E-state index is 3.98. The van der Waals surface area contributed by atoms with Gasteiger partial charge in [0.2, 0.25) is 0 Å². The van der Waals surface area contributed by atoms with Crippen LogP contribution in [0.3, 0.4) is 0 Å². The van der Waals surface area contributed by atoms with Crippen molar-refractivity contribution in [1.82, 2.24) is 4.90 Å². The van der Waals surface area contributed by atoms with Crippen molar-refractivity contribution in [3.05, 3.63) is 81.4 Å². The molecule has 3 aliphatic rings. The first-order chi connectivity index (χ1) is 12.2. The van der Waals surface area contributed by atoms with Gasteiger partial charge in [-0.15, -0.1) is 6.58 Å². The van der Waals surface area contributed by atoms with Crippen LogP contribution in [0.2, 0.25) is 0 Å². The third kappa shape index (κ3) is 2.40. The molecule has 1 atom stereocenters. The van der Waals surface area contributed by atoms with E-state index in [2.05, 4.69) is 48.7 Å². The van der Waals surface area contributed by atoms with Crippen molar-refractivity contribution in [2.24, 2.45) is 0 Å². The van der Waals surface area contributed by atoms with E-state index in [-0.39, 0.29) is 0 Å². The fraction of sp³-hybridized carbons (Fsp3) is 0.417. The van der Waals surface area contributed by atoms with Crippen LogP contribution >= 0.6 is 0 Å². The molecule has 0 spiro atoms. The van der Waals surface area contributed by atoms with Gasteiger partial charge in [-0.25, -0.2) is 0 Å². The first-order valence-electron chi connectivity index (χ1n) is 9.84. The number of nitrogens with zero attached hydrogens (tertiary/aromatic N) is 1. The van der Waals surface area contributed by atoms with E-state index in [4.69, 9.17) is 0 Å². The maximum atomic E-state index is 3.98. The zero-order valence-corrected chi connectivity index (χ0v) is 15.3. The highest BCUT2D eigenvalue weighted by atomic mass is 15.2. The van der Waals surface area contributed by atoms with Crippen LogP contribution in [0, 0.1) is 6.92 Å². The van der Waals surface area contributed by atoms with Gasteiger partial charge in [0.15, 0.2) is 0 Å². The fourth-order valence-corrected chi connectivity index (χ4v) is 5.35. The molecule has 0 amide bonds. The molecule has 0 saturated heterocycles. The standard InChI is InChI=1S/C24H27N/c1-3-5-21-16(2)8-9-19-14-24-22-13-18-7-4-6-17(18)12-20(22)10-11-25(24)15-23(19)21/h3,8-9,12-13,24H,1,4-7,10-11,14-15H2,2H3. The van der Waals surface area contributed by atoms with Crippen molar-refractivity contribution < 1.29 is 0 Å². The Bertz CT molecular complexity index is 861. The summed E-state index contributed by atoms with van der Waals surface area (Å²) >= 11 is 0. The van der Waals surface area contributed by atoms with E-state index in [1.165, 1.54) is 49.8 Å². The van der Waals surface area contributed by atoms with Crippen LogP contribution in [0.4, 0.5) is 0 Å². The van der Waals surface area contributed by atoms with E-state index in [1.807, 2.05) is 0 Å². The van der Waals surface area contributed by atoms with Crippen molar-refractivity contribution in [1.29, 1.82) is 0 Å². The molecule has 0 saturated carbocycles. The smallest absolute Gasteiger partial charge is 0.0395 e. The lowest BCUT2D eigenvalue weighted by atomic mass is 9.80. The van der Waals surface area contributed by atoms with E-state index >= 15 is 0 Å². The first kappa shape index (κ1) is 15.4. The largest absolute Gasteiger partial charge is 0.291 e. The molecule has 1 heteroatoms. The maximum Gasteiger partial charge on any atom is 0.0395 e. The summed E-state index contributed by atoms with van der Waals surface area (Å²) in [5, 5.41) is 0. The Labute approximate surface area is 151 Å². The molecule has 25 heavy (non-hydrogen) atoms. The van der Waals surface area contributed by atoms with Gasteiger partial charge in [-0.2, -0.15) is 0 Å². The molecule has 2 heterocycles. The third-order valence-corrected chi connectivity index (χ3v) is 6.71. The summed E-state index contributed by atoms with van der Waals surface area (Å²) < 4.78 is 0. The number of rotatable bonds is 2. The summed E-state index contributed by atoms with van der Waals surface area (Å²) in [5.74, 6) is 0. The van der Waals surface area contributed by atoms with E-state index in [1.54, 1.807) is 33.4 Å². The molecule has 0 bridgehead atoms. The van der Waals surface area contributed by atoms with Gasteiger partial charge in [-0.3, -0.25) is 4.90 Å². The van der Waals surface area contributed by atoms with Gasteiger partial charge in [0.05, 0.1) is 0 Å². The molecule has 2 aromatic rings. The van der Waals surface area contributed by atoms with Crippen molar-refractivity contribution in [3.8, 4) is 0 Å². The van der Waals surface area contributed by atoms with Crippen molar-refractivity contribution in [2.75, 3.05) is 6.54 Å². The van der Waals surface area contributed by atoms with Crippen LogP contribution in [0.15, 0.2) is 36.9 Å². The highest BCUT2D eigenvalue weighted by molar-refractivity contribution is 5.48. The molecule has 1 nitrogen and oxygen atoms in total. The van der Waals surface area contributed by atoms with Crippen LogP contribution in [0.25, 0.3) is 0 Å². The van der Waals surface area contributed by atoms with E-state index in [9.17, 15) is 0 Å². The van der Waals surface area contributed by atoms with Gasteiger partial charge < -0.3 is 0 Å². The summed E-state index contributed by atoms with van der Waals surface area (Å²) in [6.07, 6.45) is 9.38. The molecule has 1 unspecified atom stereocenters. The van der Waals surface area contributed by atoms with Crippen molar-refractivity contribution >= 4 is 0 Å². The fourth-order valence-electron chi connectivity index (χ4n) is 5.35. The van der Waals surface area contributed by atoms with Gasteiger partial charge in [-0.05, 0) is 90.0 Å². The molecule has 1 aliphatic carbocycles. The lowest BCUT2D eigenvalue weighted by Gasteiger charge is -2.42. The molecule has 0 radical (unpaired) electrons. The Morgan fingerprint density at radius 3 is 2.76 bits per heavy atom. The summed E-state index contributed by atoms with van der Waals surface area (Å²) in [6.45, 7) is 8.55. The second-order valence-electron chi connectivity index (χ2n) is 8.11. The normalized spacial score (nSPS) is 21.2. The predicted molar refractivity (Wildman–Crippen MR) is 104 cm³/mol. The number of hydrogen-bond acceptors (Lipinski definition) is 1. The molecule has 0 N–H and O–H groups in total. The topological polar surface area (TPSA) is 3.24 Å².